The van der Waals surface area contributed by atoms with E-state index in [0.717, 1.165) is 12.1 Å². The molecule has 3 heterocycles. The van der Waals surface area contributed by atoms with Gasteiger partial charge in [0.15, 0.2) is 5.65 Å². The largest absolute Gasteiger partial charge is 0.493 e. The van der Waals surface area contributed by atoms with Crippen LogP contribution in [-0.4, -0.2) is 36.1 Å². The minimum absolute atomic E-state index is 0.0552. The summed E-state index contributed by atoms with van der Waals surface area (Å²) in [6, 6.07) is 11.9. The molecule has 12 heteroatoms. The number of halogens is 3. The van der Waals surface area contributed by atoms with Crippen molar-refractivity contribution < 1.29 is 22.4 Å². The quantitative estimate of drug-likeness (QED) is 0.359. The number of rotatable bonds is 6. The van der Waals surface area contributed by atoms with Crippen LogP contribution in [0.25, 0.3) is 28.1 Å². The zero-order valence-corrected chi connectivity index (χ0v) is 18.2. The Morgan fingerprint density at radius 3 is 2.74 bits per heavy atom. The molecule has 0 saturated carbocycles. The van der Waals surface area contributed by atoms with Crippen molar-refractivity contribution in [2.45, 2.75) is 19.6 Å². The molecule has 5 rings (SSSR count). The summed E-state index contributed by atoms with van der Waals surface area (Å²) >= 11 is 0. The molecule has 0 aliphatic heterocycles. The van der Waals surface area contributed by atoms with Gasteiger partial charge in [-0.25, -0.2) is 9.67 Å². The number of aromatic nitrogens is 6. The lowest BCUT2D eigenvalue weighted by Crippen LogP contribution is -2.21. The Labute approximate surface area is 195 Å². The summed E-state index contributed by atoms with van der Waals surface area (Å²) in [6.45, 7) is 2.28. The van der Waals surface area contributed by atoms with Crippen LogP contribution in [0, 0.1) is 0 Å². The summed E-state index contributed by atoms with van der Waals surface area (Å²) in [5, 5.41) is 8.19. The molecule has 35 heavy (non-hydrogen) atoms. The van der Waals surface area contributed by atoms with E-state index in [1.165, 1.54) is 33.9 Å². The number of benzene rings is 2. The molecule has 0 unspecified atom stereocenters. The Balaban J connectivity index is 1.45. The van der Waals surface area contributed by atoms with E-state index >= 15 is 0 Å². The van der Waals surface area contributed by atoms with Crippen molar-refractivity contribution in [2.24, 2.45) is 0 Å². The van der Waals surface area contributed by atoms with Gasteiger partial charge >= 0.3 is 6.18 Å². The van der Waals surface area contributed by atoms with Gasteiger partial charge in [0.1, 0.15) is 24.0 Å². The smallest absolute Gasteiger partial charge is 0.416 e. The molecule has 0 aliphatic rings. The number of alkyl halides is 3. The van der Waals surface area contributed by atoms with Crippen LogP contribution in [0.1, 0.15) is 18.4 Å². The standard InChI is InChI=1S/C23H17F3N6O3/c1-2-34-18-9-4-3-8-16(18)20-29-19(35-30-20)12-31-13-27-21-17(22(31)33)11-28-32(21)15-7-5-6-14(10-15)23(24,25)26/h3-11,13H,2,12H2,1H3. The molecule has 9 nitrogen and oxygen atoms in total. The Hall–Kier alpha value is -4.48. The van der Waals surface area contributed by atoms with Gasteiger partial charge < -0.3 is 9.26 Å². The molecule has 0 atom stereocenters. The predicted molar refractivity (Wildman–Crippen MR) is 118 cm³/mol. The van der Waals surface area contributed by atoms with Gasteiger partial charge in [-0.3, -0.25) is 9.36 Å². The number of para-hydroxylation sites is 1. The van der Waals surface area contributed by atoms with Crippen LogP contribution in [0.15, 0.2) is 70.4 Å². The molecule has 0 amide bonds. The highest BCUT2D eigenvalue weighted by molar-refractivity contribution is 5.75. The average Bonchev–Trinajstić information content (AvgIpc) is 3.49. The summed E-state index contributed by atoms with van der Waals surface area (Å²) in [6.07, 6.45) is -1.99. The minimum atomic E-state index is -4.51. The third-order valence-electron chi connectivity index (χ3n) is 5.17. The molecule has 2 aromatic carbocycles. The van der Waals surface area contributed by atoms with Crippen LogP contribution in [0.3, 0.4) is 0 Å². The molecule has 178 valence electrons. The lowest BCUT2D eigenvalue weighted by molar-refractivity contribution is -0.137. The van der Waals surface area contributed by atoms with Crippen molar-refractivity contribution in [2.75, 3.05) is 6.61 Å². The van der Waals surface area contributed by atoms with E-state index in [1.54, 1.807) is 12.1 Å². The normalized spacial score (nSPS) is 11.8. The van der Waals surface area contributed by atoms with E-state index in [1.807, 2.05) is 19.1 Å². The molecule has 0 bridgehead atoms. The third kappa shape index (κ3) is 4.25. The summed E-state index contributed by atoms with van der Waals surface area (Å²) in [5.74, 6) is 1.08. The predicted octanol–water partition coefficient (Wildman–Crippen LogP) is 4.10. The molecule has 0 spiro atoms. The number of nitrogens with zero attached hydrogens (tertiary/aromatic N) is 6. The second-order valence-electron chi connectivity index (χ2n) is 7.46. The van der Waals surface area contributed by atoms with Gasteiger partial charge in [-0.15, -0.1) is 0 Å². The van der Waals surface area contributed by atoms with Crippen molar-refractivity contribution in [3.63, 3.8) is 0 Å². The fraction of sp³-hybridized carbons (Fsp3) is 0.174. The van der Waals surface area contributed by atoms with Crippen LogP contribution in [0.2, 0.25) is 0 Å². The highest BCUT2D eigenvalue weighted by atomic mass is 19.4. The van der Waals surface area contributed by atoms with E-state index in [4.69, 9.17) is 9.26 Å². The van der Waals surface area contributed by atoms with Gasteiger partial charge in [-0.1, -0.05) is 23.4 Å². The van der Waals surface area contributed by atoms with Crippen molar-refractivity contribution >= 4 is 11.0 Å². The zero-order chi connectivity index (χ0) is 24.6. The fourth-order valence-electron chi connectivity index (χ4n) is 3.57. The van der Waals surface area contributed by atoms with Gasteiger partial charge in [0.25, 0.3) is 5.56 Å². The van der Waals surface area contributed by atoms with Crippen molar-refractivity contribution in [3.05, 3.63) is 82.9 Å². The molecule has 0 N–H and O–H groups in total. The first-order valence-corrected chi connectivity index (χ1v) is 10.5. The van der Waals surface area contributed by atoms with Crippen LogP contribution < -0.4 is 10.3 Å². The van der Waals surface area contributed by atoms with Gasteiger partial charge in [0.2, 0.25) is 11.7 Å². The monoisotopic (exact) mass is 482 g/mol. The first-order valence-electron chi connectivity index (χ1n) is 10.5. The van der Waals surface area contributed by atoms with Crippen LogP contribution in [0.4, 0.5) is 13.2 Å². The lowest BCUT2D eigenvalue weighted by Gasteiger charge is -2.09. The SMILES string of the molecule is CCOc1ccccc1-c1noc(Cn2cnc3c(cnn3-c3cccc(C(F)(F)F)c3)c2=O)n1. The Bertz CT molecular complexity index is 1570. The maximum Gasteiger partial charge on any atom is 0.416 e. The molecule has 3 aromatic heterocycles. The van der Waals surface area contributed by atoms with E-state index in [0.29, 0.717) is 23.7 Å². The van der Waals surface area contributed by atoms with Crippen LogP contribution in [-0.2, 0) is 12.7 Å². The third-order valence-corrected chi connectivity index (χ3v) is 5.17. The summed E-state index contributed by atoms with van der Waals surface area (Å²) in [5.41, 5.74) is -0.378. The number of hydrogen-bond acceptors (Lipinski definition) is 7. The highest BCUT2D eigenvalue weighted by Gasteiger charge is 2.30. The maximum absolute atomic E-state index is 13.1. The first kappa shape index (κ1) is 22.3. The molecule has 0 aliphatic carbocycles. The topological polar surface area (TPSA) is 101 Å². The number of ether oxygens (including phenoxy) is 1. The van der Waals surface area contributed by atoms with Gasteiger partial charge in [0, 0.05) is 0 Å². The highest BCUT2D eigenvalue weighted by Crippen LogP contribution is 2.31. The average molecular weight is 482 g/mol. The van der Waals surface area contributed by atoms with Crippen molar-refractivity contribution in [1.29, 1.82) is 0 Å². The first-order chi connectivity index (χ1) is 16.8. The summed E-state index contributed by atoms with van der Waals surface area (Å²) < 4.78 is 52.6. The van der Waals surface area contributed by atoms with Crippen LogP contribution >= 0.6 is 0 Å². The lowest BCUT2D eigenvalue weighted by atomic mass is 10.2. The van der Waals surface area contributed by atoms with E-state index in [9.17, 15) is 18.0 Å². The van der Waals surface area contributed by atoms with Crippen molar-refractivity contribution in [3.8, 4) is 22.8 Å². The summed E-state index contributed by atoms with van der Waals surface area (Å²) in [4.78, 5) is 21.6. The summed E-state index contributed by atoms with van der Waals surface area (Å²) in [7, 11) is 0. The van der Waals surface area contributed by atoms with E-state index in [2.05, 4.69) is 20.2 Å². The Morgan fingerprint density at radius 1 is 1.11 bits per heavy atom. The van der Waals surface area contributed by atoms with Crippen molar-refractivity contribution in [1.82, 2.24) is 29.5 Å². The molecule has 0 fully saturated rings. The van der Waals surface area contributed by atoms with E-state index in [-0.39, 0.29) is 29.2 Å². The Morgan fingerprint density at radius 2 is 1.94 bits per heavy atom. The zero-order valence-electron chi connectivity index (χ0n) is 18.2. The molecular weight excluding hydrogens is 465 g/mol. The number of fused-ring (bicyclic) bond motifs is 1. The minimum Gasteiger partial charge on any atom is -0.493 e. The second kappa shape index (κ2) is 8.70. The van der Waals surface area contributed by atoms with Gasteiger partial charge in [-0.2, -0.15) is 23.3 Å². The second-order valence-corrected chi connectivity index (χ2v) is 7.46. The van der Waals surface area contributed by atoms with E-state index < -0.39 is 17.3 Å². The van der Waals surface area contributed by atoms with Crippen LogP contribution in [0.5, 0.6) is 5.75 Å². The fourth-order valence-corrected chi connectivity index (χ4v) is 3.57. The van der Waals surface area contributed by atoms with Gasteiger partial charge in [-0.05, 0) is 37.3 Å². The maximum atomic E-state index is 13.1. The number of hydrogen-bond donors (Lipinski definition) is 0. The molecule has 0 radical (unpaired) electrons. The molecule has 0 saturated heterocycles. The molecule has 5 aromatic rings. The van der Waals surface area contributed by atoms with Gasteiger partial charge in [0.05, 0.1) is 29.6 Å². The molecular formula is C23H17F3N6O3. The Kier molecular flexibility index (Phi) is 5.55.